The number of nitrogens with one attached hydrogen (secondary N) is 2. The van der Waals surface area contributed by atoms with Gasteiger partial charge in [0.1, 0.15) is 0 Å². The van der Waals surface area contributed by atoms with Crippen molar-refractivity contribution in [3.05, 3.63) is 0 Å². The monoisotopic (exact) mass is 160 g/mol. The van der Waals surface area contributed by atoms with Crippen LogP contribution in [-0.4, -0.2) is 21.5 Å². The molecule has 3 N–H and O–H groups in total. The van der Waals surface area contributed by atoms with Crippen LogP contribution in [0.25, 0.3) is 0 Å². The molecule has 1 heterocycles. The molecule has 10 heavy (non-hydrogen) atoms. The normalized spacial score (nSPS) is 37.0. The van der Waals surface area contributed by atoms with E-state index in [-0.39, 0.29) is 5.54 Å². The highest BCUT2D eigenvalue weighted by atomic mass is 32.1. The van der Waals surface area contributed by atoms with E-state index in [1.807, 2.05) is 13.8 Å². The smallest absolute Gasteiger partial charge is 0.169 e. The fourth-order valence-electron chi connectivity index (χ4n) is 0.814. The maximum atomic E-state index is 9.63. The second kappa shape index (κ2) is 1.83. The predicted molar refractivity (Wildman–Crippen MR) is 43.6 cm³/mol. The lowest BCUT2D eigenvalue weighted by molar-refractivity contribution is -0.00677. The lowest BCUT2D eigenvalue weighted by Crippen LogP contribution is -2.53. The van der Waals surface area contributed by atoms with Crippen LogP contribution in [-0.2, 0) is 0 Å². The van der Waals surface area contributed by atoms with Gasteiger partial charge in [-0.05, 0) is 33.0 Å². The maximum Gasteiger partial charge on any atom is 0.169 e. The lowest BCUT2D eigenvalue weighted by atomic mass is 9.94. The molecule has 1 rings (SSSR count). The molecular weight excluding hydrogens is 148 g/mol. The van der Waals surface area contributed by atoms with Gasteiger partial charge in [-0.3, -0.25) is 0 Å². The molecule has 3 nitrogen and oxygen atoms in total. The van der Waals surface area contributed by atoms with E-state index in [0.717, 1.165) is 0 Å². The van der Waals surface area contributed by atoms with Gasteiger partial charge in [-0.1, -0.05) is 0 Å². The van der Waals surface area contributed by atoms with Crippen molar-refractivity contribution in [1.29, 1.82) is 0 Å². The van der Waals surface area contributed by atoms with Crippen LogP contribution in [0.2, 0.25) is 0 Å². The highest BCUT2D eigenvalue weighted by Crippen LogP contribution is 2.22. The van der Waals surface area contributed by atoms with Crippen molar-refractivity contribution in [1.82, 2.24) is 10.6 Å². The highest BCUT2D eigenvalue weighted by Gasteiger charge is 2.45. The summed E-state index contributed by atoms with van der Waals surface area (Å²) in [6, 6.07) is 0. The number of hydrogen-bond acceptors (Lipinski definition) is 2. The first kappa shape index (κ1) is 7.75. The van der Waals surface area contributed by atoms with Gasteiger partial charge in [0, 0.05) is 0 Å². The van der Waals surface area contributed by atoms with Crippen molar-refractivity contribution in [3.8, 4) is 0 Å². The molecule has 0 saturated carbocycles. The van der Waals surface area contributed by atoms with E-state index in [2.05, 4.69) is 10.6 Å². The molecule has 0 amide bonds. The van der Waals surface area contributed by atoms with Gasteiger partial charge in [-0.15, -0.1) is 0 Å². The first-order valence-corrected chi connectivity index (χ1v) is 3.59. The molecular formula is C6H12N2OS. The van der Waals surface area contributed by atoms with Crippen molar-refractivity contribution < 1.29 is 5.11 Å². The zero-order valence-corrected chi connectivity index (χ0v) is 7.17. The molecule has 1 unspecified atom stereocenters. The third-order valence-electron chi connectivity index (χ3n) is 2.00. The second-order valence-corrected chi connectivity index (χ2v) is 3.68. The summed E-state index contributed by atoms with van der Waals surface area (Å²) in [5.74, 6) is 0. The summed E-state index contributed by atoms with van der Waals surface area (Å²) in [6.07, 6.45) is 0. The van der Waals surface area contributed by atoms with Crippen LogP contribution >= 0.6 is 12.2 Å². The lowest BCUT2D eigenvalue weighted by Gasteiger charge is -2.31. The van der Waals surface area contributed by atoms with E-state index in [0.29, 0.717) is 5.11 Å². The Morgan fingerprint density at radius 3 is 1.90 bits per heavy atom. The summed E-state index contributed by atoms with van der Waals surface area (Å²) in [4.78, 5) is 0. The molecule has 0 aromatic heterocycles. The molecule has 0 spiro atoms. The van der Waals surface area contributed by atoms with Gasteiger partial charge in [0.25, 0.3) is 0 Å². The molecule has 58 valence electrons. The molecule has 1 atom stereocenters. The minimum Gasteiger partial charge on any atom is -0.369 e. The molecule has 0 aliphatic carbocycles. The largest absolute Gasteiger partial charge is 0.369 e. The topological polar surface area (TPSA) is 44.3 Å². The summed E-state index contributed by atoms with van der Waals surface area (Å²) in [6.45, 7) is 5.47. The van der Waals surface area contributed by atoms with E-state index < -0.39 is 5.72 Å². The van der Waals surface area contributed by atoms with Crippen molar-refractivity contribution >= 4 is 17.3 Å². The molecule has 0 aromatic carbocycles. The molecule has 1 saturated heterocycles. The molecule has 0 bridgehead atoms. The average Bonchev–Trinajstić information content (AvgIpc) is 1.73. The Morgan fingerprint density at radius 1 is 1.30 bits per heavy atom. The minimum absolute atomic E-state index is 0.385. The molecule has 0 radical (unpaired) electrons. The van der Waals surface area contributed by atoms with Gasteiger partial charge in [-0.2, -0.15) is 0 Å². The molecule has 1 aliphatic rings. The fourth-order valence-corrected chi connectivity index (χ4v) is 1.27. The number of aliphatic hydroxyl groups is 1. The van der Waals surface area contributed by atoms with Gasteiger partial charge in [0.2, 0.25) is 0 Å². The van der Waals surface area contributed by atoms with Gasteiger partial charge < -0.3 is 15.7 Å². The summed E-state index contributed by atoms with van der Waals surface area (Å²) < 4.78 is 0. The van der Waals surface area contributed by atoms with Crippen LogP contribution < -0.4 is 10.6 Å². The summed E-state index contributed by atoms with van der Waals surface area (Å²) in [7, 11) is 0. The standard InChI is InChI=1S/C6H12N2OS/c1-5(2)6(3,9)8-4(10)7-5/h9H,1-3H3,(H2,7,8,10). The quantitative estimate of drug-likeness (QED) is 0.435. The number of thiocarbonyl (C=S) groups is 1. The van der Waals surface area contributed by atoms with Crippen molar-refractivity contribution in [3.63, 3.8) is 0 Å². The van der Waals surface area contributed by atoms with E-state index in [4.69, 9.17) is 12.2 Å². The van der Waals surface area contributed by atoms with Crippen molar-refractivity contribution in [2.75, 3.05) is 0 Å². The molecule has 1 fully saturated rings. The summed E-state index contributed by atoms with van der Waals surface area (Å²) >= 11 is 4.83. The third-order valence-corrected chi connectivity index (χ3v) is 2.20. The predicted octanol–water partition coefficient (Wildman–Crippen LogP) is -0.0488. The summed E-state index contributed by atoms with van der Waals surface area (Å²) in [5, 5.41) is 15.9. The Morgan fingerprint density at radius 2 is 1.80 bits per heavy atom. The maximum absolute atomic E-state index is 9.63. The van der Waals surface area contributed by atoms with E-state index in [9.17, 15) is 5.11 Å². The van der Waals surface area contributed by atoms with E-state index in [1.54, 1.807) is 6.92 Å². The fraction of sp³-hybridized carbons (Fsp3) is 0.833. The van der Waals surface area contributed by atoms with E-state index >= 15 is 0 Å². The Balaban J connectivity index is 2.88. The van der Waals surface area contributed by atoms with Gasteiger partial charge in [0.15, 0.2) is 10.8 Å². The zero-order chi connectivity index (χ0) is 7.99. The van der Waals surface area contributed by atoms with Crippen molar-refractivity contribution in [2.45, 2.75) is 32.0 Å². The molecule has 0 aromatic rings. The average molecular weight is 160 g/mol. The van der Waals surface area contributed by atoms with Crippen LogP contribution in [0.1, 0.15) is 20.8 Å². The minimum atomic E-state index is -0.940. The van der Waals surface area contributed by atoms with Gasteiger partial charge in [0.05, 0.1) is 5.54 Å². The molecule has 1 aliphatic heterocycles. The molecule has 4 heteroatoms. The van der Waals surface area contributed by atoms with Crippen LogP contribution in [0.3, 0.4) is 0 Å². The van der Waals surface area contributed by atoms with Crippen LogP contribution in [0.4, 0.5) is 0 Å². The highest BCUT2D eigenvalue weighted by molar-refractivity contribution is 7.80. The Hall–Kier alpha value is -0.350. The first-order chi connectivity index (χ1) is 4.35. The zero-order valence-electron chi connectivity index (χ0n) is 6.36. The van der Waals surface area contributed by atoms with Crippen molar-refractivity contribution in [2.24, 2.45) is 0 Å². The number of hydrogen-bond donors (Lipinski definition) is 3. The van der Waals surface area contributed by atoms with Crippen LogP contribution in [0.5, 0.6) is 0 Å². The van der Waals surface area contributed by atoms with E-state index in [1.165, 1.54) is 0 Å². The summed E-state index contributed by atoms with van der Waals surface area (Å²) in [5.41, 5.74) is -1.33. The first-order valence-electron chi connectivity index (χ1n) is 3.18. The Labute approximate surface area is 65.8 Å². The SMILES string of the molecule is CC1(C)NC(=S)NC1(C)O. The Bertz CT molecular complexity index is 159. The van der Waals surface area contributed by atoms with Crippen LogP contribution in [0.15, 0.2) is 0 Å². The van der Waals surface area contributed by atoms with Gasteiger partial charge in [-0.25, -0.2) is 0 Å². The Kier molecular flexibility index (Phi) is 1.42. The number of rotatable bonds is 0. The third kappa shape index (κ3) is 0.973. The second-order valence-electron chi connectivity index (χ2n) is 3.28. The van der Waals surface area contributed by atoms with Gasteiger partial charge >= 0.3 is 0 Å². The van der Waals surface area contributed by atoms with Crippen LogP contribution in [0, 0.1) is 0 Å².